The number of hydrogen-bond acceptors (Lipinski definition) is 4. The van der Waals surface area contributed by atoms with Gasteiger partial charge in [0.15, 0.2) is 0 Å². The SMILES string of the molecule is O=C(N[C@H](COP(=O)(O)O)Cc1cccc(F)c1)c1cc2ccccc2s1. The predicted octanol–water partition coefficient (Wildman–Crippen LogP) is 3.49. The molecule has 0 radical (unpaired) electrons. The highest BCUT2D eigenvalue weighted by atomic mass is 32.1. The molecule has 0 spiro atoms. The number of carbonyl (C=O) groups is 1. The van der Waals surface area contributed by atoms with Crippen molar-refractivity contribution in [1.82, 2.24) is 5.32 Å². The van der Waals surface area contributed by atoms with Gasteiger partial charge in [0, 0.05) is 4.70 Å². The van der Waals surface area contributed by atoms with Crippen molar-refractivity contribution in [3.05, 3.63) is 70.9 Å². The molecule has 6 nitrogen and oxygen atoms in total. The minimum atomic E-state index is -4.70. The van der Waals surface area contributed by atoms with Gasteiger partial charge in [-0.25, -0.2) is 8.96 Å². The van der Waals surface area contributed by atoms with E-state index in [2.05, 4.69) is 9.84 Å². The molecule has 3 N–H and O–H groups in total. The van der Waals surface area contributed by atoms with Crippen LogP contribution in [0.15, 0.2) is 54.6 Å². The van der Waals surface area contributed by atoms with Crippen molar-refractivity contribution < 1.29 is 28.1 Å². The molecule has 0 bridgehead atoms. The molecule has 3 aromatic rings. The third-order valence-corrected chi connectivity index (χ3v) is 5.40. The van der Waals surface area contributed by atoms with Gasteiger partial charge in [0.05, 0.1) is 17.5 Å². The summed E-state index contributed by atoms with van der Waals surface area (Å²) in [6.45, 7) is -0.405. The largest absolute Gasteiger partial charge is 0.469 e. The summed E-state index contributed by atoms with van der Waals surface area (Å²) >= 11 is 1.31. The first-order valence-corrected chi connectivity index (χ1v) is 10.4. The summed E-state index contributed by atoms with van der Waals surface area (Å²) in [6, 6.07) is 14.3. The lowest BCUT2D eigenvalue weighted by Gasteiger charge is -2.19. The molecule has 0 unspecified atom stereocenters. The Morgan fingerprint density at radius 2 is 1.96 bits per heavy atom. The molecular formula is C18H17FNO5PS. The zero-order valence-corrected chi connectivity index (χ0v) is 15.8. The highest BCUT2D eigenvalue weighted by Crippen LogP contribution is 2.36. The molecule has 0 aliphatic carbocycles. The van der Waals surface area contributed by atoms with Gasteiger partial charge >= 0.3 is 7.82 Å². The van der Waals surface area contributed by atoms with Gasteiger partial charge < -0.3 is 15.1 Å². The quantitative estimate of drug-likeness (QED) is 0.519. The molecule has 27 heavy (non-hydrogen) atoms. The van der Waals surface area contributed by atoms with E-state index in [4.69, 9.17) is 9.79 Å². The Hall–Kier alpha value is -2.09. The van der Waals surface area contributed by atoms with E-state index in [1.54, 1.807) is 12.1 Å². The smallest absolute Gasteiger partial charge is 0.346 e. The first-order chi connectivity index (χ1) is 12.8. The maximum atomic E-state index is 13.4. The van der Waals surface area contributed by atoms with E-state index >= 15 is 0 Å². The molecule has 1 heterocycles. The van der Waals surface area contributed by atoms with Crippen molar-refractivity contribution in [1.29, 1.82) is 0 Å². The third-order valence-electron chi connectivity index (χ3n) is 3.80. The second-order valence-corrected chi connectivity index (χ2v) is 8.26. The molecule has 1 atom stereocenters. The number of thiophene rings is 1. The Morgan fingerprint density at radius 3 is 2.67 bits per heavy atom. The van der Waals surface area contributed by atoms with Crippen LogP contribution in [0.1, 0.15) is 15.2 Å². The van der Waals surface area contributed by atoms with E-state index in [-0.39, 0.29) is 12.3 Å². The van der Waals surface area contributed by atoms with Crippen molar-refractivity contribution in [2.75, 3.05) is 6.61 Å². The lowest BCUT2D eigenvalue weighted by atomic mass is 10.1. The molecule has 0 saturated carbocycles. The van der Waals surface area contributed by atoms with Crippen LogP contribution in [-0.2, 0) is 15.5 Å². The minimum absolute atomic E-state index is 0.161. The maximum absolute atomic E-state index is 13.4. The number of nitrogens with one attached hydrogen (secondary N) is 1. The number of rotatable bonds is 7. The number of phosphoric acid groups is 1. The van der Waals surface area contributed by atoms with Gasteiger partial charge in [0.1, 0.15) is 5.82 Å². The summed E-state index contributed by atoms with van der Waals surface area (Å²) in [5.41, 5.74) is 0.575. The Bertz CT molecular complexity index is 969. The van der Waals surface area contributed by atoms with Gasteiger partial charge in [-0.1, -0.05) is 30.3 Å². The van der Waals surface area contributed by atoms with Gasteiger partial charge in [-0.3, -0.25) is 9.32 Å². The fourth-order valence-corrected chi connectivity index (χ4v) is 3.98. The van der Waals surface area contributed by atoms with E-state index in [1.165, 1.54) is 29.5 Å². The van der Waals surface area contributed by atoms with Crippen LogP contribution in [0.2, 0.25) is 0 Å². The average Bonchev–Trinajstić information content (AvgIpc) is 3.03. The molecule has 0 saturated heterocycles. The minimum Gasteiger partial charge on any atom is -0.346 e. The van der Waals surface area contributed by atoms with Gasteiger partial charge in [-0.2, -0.15) is 0 Å². The van der Waals surface area contributed by atoms with E-state index in [0.29, 0.717) is 10.4 Å². The third kappa shape index (κ3) is 5.69. The Kier molecular flexibility index (Phi) is 6.04. The summed E-state index contributed by atoms with van der Waals surface area (Å²) in [6.07, 6.45) is 0.161. The number of phosphoric ester groups is 1. The van der Waals surface area contributed by atoms with Crippen molar-refractivity contribution in [3.63, 3.8) is 0 Å². The predicted molar refractivity (Wildman–Crippen MR) is 101 cm³/mol. The molecule has 1 aromatic heterocycles. The Labute approximate surface area is 158 Å². The second kappa shape index (κ2) is 8.29. The molecule has 142 valence electrons. The van der Waals surface area contributed by atoms with Gasteiger partial charge in [-0.15, -0.1) is 11.3 Å². The lowest BCUT2D eigenvalue weighted by Crippen LogP contribution is -2.39. The second-order valence-electron chi connectivity index (χ2n) is 5.94. The standard InChI is InChI=1S/C18H17FNO5PS/c19-14-6-3-4-12(8-14)9-15(11-25-26(22,23)24)20-18(21)17-10-13-5-1-2-7-16(13)27-17/h1-8,10,15H,9,11H2,(H,20,21)(H2,22,23,24)/t15-/m0/s1. The van der Waals surface area contributed by atoms with Crippen LogP contribution in [-0.4, -0.2) is 28.3 Å². The summed E-state index contributed by atoms with van der Waals surface area (Å²) < 4.78 is 29.9. The van der Waals surface area contributed by atoms with Crippen LogP contribution < -0.4 is 5.32 Å². The first-order valence-electron chi connectivity index (χ1n) is 8.04. The van der Waals surface area contributed by atoms with Crippen LogP contribution in [0.3, 0.4) is 0 Å². The number of halogens is 1. The summed E-state index contributed by atoms with van der Waals surface area (Å²) in [5.74, 6) is -0.815. The van der Waals surface area contributed by atoms with Crippen LogP contribution in [0, 0.1) is 5.82 Å². The van der Waals surface area contributed by atoms with Crippen LogP contribution >= 0.6 is 19.2 Å². The molecular weight excluding hydrogens is 392 g/mol. The fourth-order valence-electron chi connectivity index (χ4n) is 2.64. The monoisotopic (exact) mass is 409 g/mol. The zero-order chi connectivity index (χ0) is 19.4. The van der Waals surface area contributed by atoms with E-state index < -0.39 is 26.3 Å². The highest BCUT2D eigenvalue weighted by Gasteiger charge is 2.21. The Balaban J connectivity index is 1.76. The number of benzene rings is 2. The van der Waals surface area contributed by atoms with Crippen molar-refractivity contribution in [2.24, 2.45) is 0 Å². The normalized spacial score (nSPS) is 12.9. The zero-order valence-electron chi connectivity index (χ0n) is 14.0. The van der Waals surface area contributed by atoms with Crippen molar-refractivity contribution in [3.8, 4) is 0 Å². The fraction of sp³-hybridized carbons (Fsp3) is 0.167. The summed E-state index contributed by atoms with van der Waals surface area (Å²) in [7, 11) is -4.70. The highest BCUT2D eigenvalue weighted by molar-refractivity contribution is 7.46. The van der Waals surface area contributed by atoms with Crippen LogP contribution in [0.25, 0.3) is 10.1 Å². The molecule has 0 aliphatic heterocycles. The molecule has 3 rings (SSSR count). The maximum Gasteiger partial charge on any atom is 0.469 e. The molecule has 9 heteroatoms. The van der Waals surface area contributed by atoms with E-state index in [0.717, 1.165) is 10.1 Å². The molecule has 2 aromatic carbocycles. The molecule has 0 aliphatic rings. The average molecular weight is 409 g/mol. The topological polar surface area (TPSA) is 95.9 Å². The summed E-state index contributed by atoms with van der Waals surface area (Å²) in [5, 5.41) is 3.65. The van der Waals surface area contributed by atoms with E-state index in [9.17, 15) is 13.8 Å². The van der Waals surface area contributed by atoms with Crippen LogP contribution in [0.5, 0.6) is 0 Å². The van der Waals surface area contributed by atoms with Gasteiger partial charge in [0.25, 0.3) is 5.91 Å². The summed E-state index contributed by atoms with van der Waals surface area (Å²) in [4.78, 5) is 30.9. The first kappa shape index (κ1) is 19.7. The number of hydrogen-bond donors (Lipinski definition) is 3. The van der Waals surface area contributed by atoms with Crippen molar-refractivity contribution in [2.45, 2.75) is 12.5 Å². The Morgan fingerprint density at radius 1 is 1.19 bits per heavy atom. The molecule has 0 fully saturated rings. The number of carbonyl (C=O) groups excluding carboxylic acids is 1. The number of amides is 1. The van der Waals surface area contributed by atoms with E-state index in [1.807, 2.05) is 24.3 Å². The van der Waals surface area contributed by atoms with Gasteiger partial charge in [-0.05, 0) is 41.6 Å². The molecule has 1 amide bonds. The number of fused-ring (bicyclic) bond motifs is 1. The van der Waals surface area contributed by atoms with Crippen molar-refractivity contribution >= 4 is 35.2 Å². The lowest BCUT2D eigenvalue weighted by molar-refractivity contribution is 0.0913. The van der Waals surface area contributed by atoms with Gasteiger partial charge in [0.2, 0.25) is 0 Å². The van der Waals surface area contributed by atoms with Crippen LogP contribution in [0.4, 0.5) is 4.39 Å².